The molecule has 4 aromatic heterocycles. The maximum atomic E-state index is 15.5. The van der Waals surface area contributed by atoms with Gasteiger partial charge in [-0.3, -0.25) is 9.59 Å². The monoisotopic (exact) mass is 1280 g/mol. The third kappa shape index (κ3) is 11.1. The molecule has 0 spiro atoms. The van der Waals surface area contributed by atoms with Gasteiger partial charge >= 0.3 is 12.4 Å². The maximum absolute atomic E-state index is 15.5. The summed E-state index contributed by atoms with van der Waals surface area (Å²) in [4.78, 5) is 53.9. The number of nitrogens with zero attached hydrogens (tertiary/aromatic N) is 9. The Kier molecular flexibility index (Phi) is 14.3. The predicted molar refractivity (Wildman–Crippen MR) is 318 cm³/mol. The first-order chi connectivity index (χ1) is 41.4. The number of benzene rings is 2. The molecule has 0 radical (unpaired) electrons. The van der Waals surface area contributed by atoms with Gasteiger partial charge in [-0.1, -0.05) is 0 Å². The van der Waals surface area contributed by atoms with Gasteiger partial charge in [0.15, 0.2) is 19.7 Å². The molecule has 28 heteroatoms. The fourth-order valence-corrected chi connectivity index (χ4v) is 19.4. The number of hydrogen-bond acceptors (Lipinski definition) is 18. The van der Waals surface area contributed by atoms with Crippen molar-refractivity contribution in [3.63, 3.8) is 0 Å². The minimum Gasteiger partial charge on any atom is -0.369 e. The molecule has 3 unspecified atom stereocenters. The summed E-state index contributed by atoms with van der Waals surface area (Å²) in [6, 6.07) is 13.7. The maximum Gasteiger partial charge on any atom is 0.420 e. The molecule has 18 nitrogen and oxygen atoms in total. The number of halogens is 6. The molecule has 8 heterocycles. The predicted octanol–water partition coefficient (Wildman–Crippen LogP) is 10.0. The van der Waals surface area contributed by atoms with E-state index in [1.54, 1.807) is 6.07 Å². The SMILES string of the molecule is C[C@H]1CN(c2ccc(Nc3ncc(C(F)(F)F)c(-c4cc5c(s4)C(=O)N(C4CC4)CC(C4CC4c4cc(N6CCN(C)[C@@H](C)C6)ccc4Nc4ncc(C(F)(F)F)c(-c6cc7c(s6)C(=O)N(C6CC6)CCS7(=O)=O)n4)S5(=O)=O)n3)c(C3CC3)c2)CCN1. The number of fused-ring (bicyclic) bond motifs is 2. The highest BCUT2D eigenvalue weighted by Crippen LogP contribution is 2.57. The molecule has 460 valence electrons. The molecule has 2 amide bonds. The zero-order valence-corrected chi connectivity index (χ0v) is 50.8. The Labute approximate surface area is 506 Å². The number of likely N-dealkylation sites (N-methyl/N-ethyl adjacent to an activating group) is 1. The number of amides is 2. The van der Waals surface area contributed by atoms with Gasteiger partial charge in [-0.05, 0) is 143 Å². The van der Waals surface area contributed by atoms with E-state index in [1.807, 2.05) is 31.3 Å². The fraction of sp³-hybridized carbons (Fsp3) is 0.492. The van der Waals surface area contributed by atoms with Gasteiger partial charge in [0.05, 0.1) is 41.9 Å². The second kappa shape index (κ2) is 21.4. The molecule has 4 aliphatic carbocycles. The van der Waals surface area contributed by atoms with E-state index < -0.39 is 83.4 Å². The molecule has 6 aromatic rings. The molecule has 4 saturated carbocycles. The van der Waals surface area contributed by atoms with E-state index in [-0.39, 0.29) is 96.5 Å². The van der Waals surface area contributed by atoms with Crippen LogP contribution in [-0.4, -0.2) is 158 Å². The molecular weight excluding hydrogens is 1210 g/mol. The zero-order valence-electron chi connectivity index (χ0n) is 47.6. The van der Waals surface area contributed by atoms with E-state index in [0.717, 1.165) is 68.1 Å². The summed E-state index contributed by atoms with van der Waals surface area (Å²) in [6.07, 6.45) is -3.92. The fourth-order valence-electron chi connectivity index (χ4n) is 12.9. The van der Waals surface area contributed by atoms with Crippen molar-refractivity contribution in [2.75, 3.05) is 85.6 Å². The quantitative estimate of drug-likeness (QED) is 0.0920. The highest BCUT2D eigenvalue weighted by atomic mass is 32.2. The summed E-state index contributed by atoms with van der Waals surface area (Å²) in [7, 11) is -6.56. The third-order valence-electron chi connectivity index (χ3n) is 18.3. The number of sulfone groups is 2. The first-order valence-electron chi connectivity index (χ1n) is 29.4. The number of anilines is 6. The Morgan fingerprint density at radius 2 is 1.20 bits per heavy atom. The van der Waals surface area contributed by atoms with E-state index in [9.17, 15) is 31.2 Å². The number of carbonyl (C=O) groups excluding carboxylic acids is 2. The number of piperazine rings is 2. The van der Waals surface area contributed by atoms with Crippen molar-refractivity contribution >= 4 is 88.8 Å². The number of nitrogens with one attached hydrogen (secondary N) is 3. The van der Waals surface area contributed by atoms with Crippen LogP contribution in [0.5, 0.6) is 0 Å². The van der Waals surface area contributed by atoms with Crippen LogP contribution in [0.15, 0.2) is 70.7 Å². The average molecular weight is 1280 g/mol. The third-order valence-corrected chi connectivity index (χ3v) is 24.8. The molecule has 0 bridgehead atoms. The molecule has 6 fully saturated rings. The lowest BCUT2D eigenvalue weighted by atomic mass is 10.0. The average Bonchev–Trinajstić information content (AvgIpc) is 1.62. The molecule has 2 saturated heterocycles. The molecule has 87 heavy (non-hydrogen) atoms. The lowest BCUT2D eigenvalue weighted by Gasteiger charge is -2.39. The van der Waals surface area contributed by atoms with Crippen molar-refractivity contribution in [2.24, 2.45) is 5.92 Å². The molecule has 5 atom stereocenters. The molecule has 2 aromatic carbocycles. The Balaban J connectivity index is 0.808. The van der Waals surface area contributed by atoms with Gasteiger partial charge in [0.25, 0.3) is 11.8 Å². The summed E-state index contributed by atoms with van der Waals surface area (Å²) < 4.78 is 148. The largest absolute Gasteiger partial charge is 0.420 e. The summed E-state index contributed by atoms with van der Waals surface area (Å²) in [5.41, 5.74) is 0.729. The summed E-state index contributed by atoms with van der Waals surface area (Å²) in [5.74, 6) is -2.92. The Hall–Kier alpha value is -6.46. The van der Waals surface area contributed by atoms with E-state index in [1.165, 1.54) is 9.80 Å². The van der Waals surface area contributed by atoms with Crippen molar-refractivity contribution in [1.29, 1.82) is 0 Å². The van der Waals surface area contributed by atoms with Crippen LogP contribution < -0.4 is 25.8 Å². The smallest absolute Gasteiger partial charge is 0.369 e. The highest BCUT2D eigenvalue weighted by molar-refractivity contribution is 7.92. The van der Waals surface area contributed by atoms with Gasteiger partial charge in [0, 0.05) is 112 Å². The van der Waals surface area contributed by atoms with Crippen LogP contribution in [0.4, 0.5) is 61.0 Å². The number of aromatic nitrogens is 4. The number of carbonyl (C=O) groups is 2. The molecular formula is C59H62F6N12O6S4. The Bertz CT molecular complexity index is 4020. The summed E-state index contributed by atoms with van der Waals surface area (Å²) in [6.45, 7) is 8.49. The number of alkyl halides is 6. The normalized spacial score (nSPS) is 25.0. The van der Waals surface area contributed by atoms with Gasteiger partial charge < -0.3 is 40.4 Å². The van der Waals surface area contributed by atoms with Crippen LogP contribution >= 0.6 is 22.7 Å². The molecule has 3 N–H and O–H groups in total. The highest BCUT2D eigenvalue weighted by Gasteiger charge is 2.55. The number of thiophene rings is 2. The van der Waals surface area contributed by atoms with E-state index >= 15 is 21.6 Å². The summed E-state index contributed by atoms with van der Waals surface area (Å²) >= 11 is 1.29. The standard InChI is InChI=1S/C59H62F6N12O6S4/c1-30-27-74(15-14-66-30)35-10-12-43(37(20-35)32-4-5-32)69-56-67-26-42(59(63,64)65)51(72-56)46-24-48-53(85-46)55(79)77(34-8-9-34)29-49(87(48,82)83)40-22-38(40)39-21-36(75-17-16-73(3)31(2)28-75)11-13-44(39)70-57-68-25-41(58(60,61)62)50(71-57)45-23-47-52(84-45)54(78)76(33-6-7-33)18-19-86(47,80)81/h10-13,20-21,23-26,30-34,38,40,49,66H,4-9,14-19,22,27-29H2,1-3H3,(H,67,69,72)(H,68,70,71)/t30-,31-,38?,40?,49?/m0/s1. The van der Waals surface area contributed by atoms with Crippen LogP contribution in [0, 0.1) is 5.92 Å². The minimum absolute atomic E-state index is 0.0294. The molecule has 4 aliphatic heterocycles. The van der Waals surface area contributed by atoms with Gasteiger partial charge in [-0.15, -0.1) is 22.7 Å². The lowest BCUT2D eigenvalue weighted by Crippen LogP contribution is -2.50. The van der Waals surface area contributed by atoms with E-state index in [0.29, 0.717) is 90.8 Å². The first kappa shape index (κ1) is 58.2. The second-order valence-corrected chi connectivity index (χ2v) is 30.8. The van der Waals surface area contributed by atoms with Crippen molar-refractivity contribution in [2.45, 2.75) is 122 Å². The number of hydrogen-bond donors (Lipinski definition) is 3. The summed E-state index contributed by atoms with van der Waals surface area (Å²) in [5, 5.41) is 8.53. The Morgan fingerprint density at radius 1 is 0.644 bits per heavy atom. The van der Waals surface area contributed by atoms with Gasteiger partial charge in [0.1, 0.15) is 20.9 Å². The minimum atomic E-state index is -5.00. The van der Waals surface area contributed by atoms with Crippen molar-refractivity contribution < 1.29 is 52.8 Å². The van der Waals surface area contributed by atoms with Crippen molar-refractivity contribution in [3.05, 3.63) is 92.9 Å². The van der Waals surface area contributed by atoms with Crippen LogP contribution in [-0.2, 0) is 32.0 Å². The number of rotatable bonds is 13. The topological polar surface area (TPSA) is 206 Å². The second-order valence-electron chi connectivity index (χ2n) is 24.5. The van der Waals surface area contributed by atoms with Crippen LogP contribution in [0.3, 0.4) is 0 Å². The van der Waals surface area contributed by atoms with E-state index in [4.69, 9.17) is 0 Å². The van der Waals surface area contributed by atoms with Gasteiger partial charge in [-0.2, -0.15) is 26.3 Å². The van der Waals surface area contributed by atoms with Gasteiger partial charge in [0.2, 0.25) is 11.9 Å². The first-order valence-corrected chi connectivity index (χ1v) is 34.2. The van der Waals surface area contributed by atoms with Crippen molar-refractivity contribution in [3.8, 4) is 21.1 Å². The molecule has 14 rings (SSSR count). The lowest BCUT2D eigenvalue weighted by molar-refractivity contribution is -0.138. The molecule has 8 aliphatic rings. The Morgan fingerprint density at radius 3 is 1.77 bits per heavy atom. The van der Waals surface area contributed by atoms with Crippen molar-refractivity contribution in [1.82, 2.24) is 40.0 Å². The van der Waals surface area contributed by atoms with E-state index in [2.05, 4.69) is 70.5 Å². The van der Waals surface area contributed by atoms with Crippen LogP contribution in [0.1, 0.15) is 112 Å². The van der Waals surface area contributed by atoms with Crippen LogP contribution in [0.2, 0.25) is 0 Å². The van der Waals surface area contributed by atoms with Crippen LogP contribution in [0.25, 0.3) is 21.1 Å². The zero-order chi connectivity index (χ0) is 60.8. The van der Waals surface area contributed by atoms with Gasteiger partial charge in [-0.25, -0.2) is 36.8 Å².